The molecule has 2 rings (SSSR count). The van der Waals surface area contributed by atoms with Crippen LogP contribution in [0.2, 0.25) is 0 Å². The van der Waals surface area contributed by atoms with Gasteiger partial charge in [0.15, 0.2) is 5.69 Å². The largest absolute Gasteiger partial charge is 0.381 e. The van der Waals surface area contributed by atoms with Crippen LogP contribution in [0.1, 0.15) is 55.8 Å². The molecule has 1 aliphatic heterocycles. The van der Waals surface area contributed by atoms with Gasteiger partial charge in [-0.15, -0.1) is 0 Å². The molecule has 0 N–H and O–H groups in total. The summed E-state index contributed by atoms with van der Waals surface area (Å²) < 4.78 is 10.8. The van der Waals surface area contributed by atoms with Gasteiger partial charge in [-0.25, -0.2) is 0 Å². The molecule has 20 heavy (non-hydrogen) atoms. The number of rotatable bonds is 6. The van der Waals surface area contributed by atoms with Crippen LogP contribution in [0, 0.1) is 5.92 Å². The number of aromatic nitrogens is 1. The number of hydrogen-bond donors (Lipinski definition) is 0. The molecule has 0 aromatic carbocycles. The van der Waals surface area contributed by atoms with Gasteiger partial charge in [0.2, 0.25) is 0 Å². The molecule has 1 amide bonds. The maximum absolute atomic E-state index is 12.3. The summed E-state index contributed by atoms with van der Waals surface area (Å²) >= 11 is 0. The number of amides is 1. The maximum Gasteiger partial charge on any atom is 0.276 e. The molecule has 0 radical (unpaired) electrons. The van der Waals surface area contributed by atoms with E-state index < -0.39 is 0 Å². The highest BCUT2D eigenvalue weighted by Gasteiger charge is 2.28. The summed E-state index contributed by atoms with van der Waals surface area (Å²) in [4.78, 5) is 14.2. The molecule has 2 heterocycles. The summed E-state index contributed by atoms with van der Waals surface area (Å²) in [6.45, 7) is 9.22. The molecule has 1 unspecified atom stereocenters. The second kappa shape index (κ2) is 6.88. The normalized spacial score (nSPS) is 19.0. The van der Waals surface area contributed by atoms with Crippen LogP contribution in [0.3, 0.4) is 0 Å². The minimum atomic E-state index is -0.0290. The van der Waals surface area contributed by atoms with Gasteiger partial charge in [-0.05, 0) is 12.8 Å². The van der Waals surface area contributed by atoms with Crippen molar-refractivity contribution in [2.24, 2.45) is 5.92 Å². The molecule has 0 bridgehead atoms. The molecule has 0 aliphatic carbocycles. The monoisotopic (exact) mass is 280 g/mol. The number of ether oxygens (including phenoxy) is 1. The number of carbonyl (C=O) groups is 1. The molecule has 1 saturated heterocycles. The van der Waals surface area contributed by atoms with Crippen LogP contribution in [0.4, 0.5) is 0 Å². The second-order valence-electron chi connectivity index (χ2n) is 5.75. The first-order valence-electron chi connectivity index (χ1n) is 7.45. The lowest BCUT2D eigenvalue weighted by Crippen LogP contribution is -2.29. The average molecular weight is 280 g/mol. The van der Waals surface area contributed by atoms with E-state index in [1.807, 2.05) is 18.7 Å². The minimum Gasteiger partial charge on any atom is -0.381 e. The highest BCUT2D eigenvalue weighted by Crippen LogP contribution is 2.21. The fraction of sp³-hybridized carbons (Fsp3) is 0.733. The van der Waals surface area contributed by atoms with Crippen molar-refractivity contribution in [2.75, 3.05) is 26.3 Å². The van der Waals surface area contributed by atoms with Crippen molar-refractivity contribution in [1.82, 2.24) is 10.1 Å². The lowest BCUT2D eigenvalue weighted by atomic mass is 10.1. The molecular weight excluding hydrogens is 256 g/mol. The summed E-state index contributed by atoms with van der Waals surface area (Å²) in [6, 6.07) is 1.76. The van der Waals surface area contributed by atoms with Crippen LogP contribution in [0.15, 0.2) is 10.6 Å². The Bertz CT molecular complexity index is 442. The number of likely N-dealkylation sites (tertiary alicyclic amines) is 1. The van der Waals surface area contributed by atoms with E-state index in [9.17, 15) is 4.79 Å². The van der Waals surface area contributed by atoms with Crippen molar-refractivity contribution in [3.05, 3.63) is 17.5 Å². The topological polar surface area (TPSA) is 55.6 Å². The third-order valence-electron chi connectivity index (χ3n) is 3.59. The van der Waals surface area contributed by atoms with Gasteiger partial charge in [-0.2, -0.15) is 0 Å². The van der Waals surface area contributed by atoms with Crippen molar-refractivity contribution >= 4 is 5.91 Å². The first-order chi connectivity index (χ1) is 9.61. The van der Waals surface area contributed by atoms with Gasteiger partial charge in [0.1, 0.15) is 5.76 Å². The summed E-state index contributed by atoms with van der Waals surface area (Å²) in [6.07, 6.45) is 2.04. The Hall–Kier alpha value is -1.36. The Morgan fingerprint density at radius 2 is 2.40 bits per heavy atom. The highest BCUT2D eigenvalue weighted by atomic mass is 16.5. The zero-order valence-corrected chi connectivity index (χ0v) is 12.6. The first kappa shape index (κ1) is 15.0. The Morgan fingerprint density at radius 1 is 1.60 bits per heavy atom. The minimum absolute atomic E-state index is 0.0290. The highest BCUT2D eigenvalue weighted by molar-refractivity contribution is 5.92. The molecule has 5 heteroatoms. The van der Waals surface area contributed by atoms with Gasteiger partial charge in [-0.1, -0.05) is 25.9 Å². The SMILES string of the molecule is CCCOCC1CCN(C(=O)c2cc(C(C)C)on2)C1. The Morgan fingerprint density at radius 3 is 3.05 bits per heavy atom. The predicted octanol–water partition coefficient (Wildman–Crippen LogP) is 2.69. The fourth-order valence-corrected chi connectivity index (χ4v) is 2.37. The maximum atomic E-state index is 12.3. The first-order valence-corrected chi connectivity index (χ1v) is 7.45. The van der Waals surface area contributed by atoms with E-state index in [4.69, 9.17) is 9.26 Å². The Labute approximate surface area is 120 Å². The number of nitrogens with zero attached hydrogens (tertiary/aromatic N) is 2. The second-order valence-corrected chi connectivity index (χ2v) is 5.75. The number of carbonyl (C=O) groups excluding carboxylic acids is 1. The zero-order chi connectivity index (χ0) is 14.5. The van der Waals surface area contributed by atoms with E-state index in [2.05, 4.69) is 12.1 Å². The molecule has 1 aromatic rings. The van der Waals surface area contributed by atoms with E-state index in [1.54, 1.807) is 6.07 Å². The number of hydrogen-bond acceptors (Lipinski definition) is 4. The molecule has 1 atom stereocenters. The summed E-state index contributed by atoms with van der Waals surface area (Å²) in [7, 11) is 0. The standard InChI is InChI=1S/C15H24N2O3/c1-4-7-19-10-12-5-6-17(9-12)15(18)13-8-14(11(2)3)20-16-13/h8,11-12H,4-7,9-10H2,1-3H3. The van der Waals surface area contributed by atoms with Crippen LogP contribution in [0.5, 0.6) is 0 Å². The van der Waals surface area contributed by atoms with E-state index in [1.165, 1.54) is 0 Å². The Balaban J connectivity index is 1.87. The summed E-state index contributed by atoms with van der Waals surface area (Å²) in [5.41, 5.74) is 0.420. The van der Waals surface area contributed by atoms with E-state index >= 15 is 0 Å². The average Bonchev–Trinajstić information content (AvgIpc) is 3.07. The third-order valence-corrected chi connectivity index (χ3v) is 3.59. The Kier molecular flexibility index (Phi) is 5.17. The van der Waals surface area contributed by atoms with E-state index in [0.717, 1.165) is 44.9 Å². The van der Waals surface area contributed by atoms with Crippen molar-refractivity contribution in [3.8, 4) is 0 Å². The predicted molar refractivity (Wildman–Crippen MR) is 75.7 cm³/mol. The van der Waals surface area contributed by atoms with E-state index in [0.29, 0.717) is 11.6 Å². The van der Waals surface area contributed by atoms with Crippen LogP contribution in [0.25, 0.3) is 0 Å². The molecule has 1 fully saturated rings. The van der Waals surface area contributed by atoms with E-state index in [-0.39, 0.29) is 11.8 Å². The lowest BCUT2D eigenvalue weighted by Gasteiger charge is -2.14. The fourth-order valence-electron chi connectivity index (χ4n) is 2.37. The molecule has 1 aliphatic rings. The molecular formula is C15H24N2O3. The summed E-state index contributed by atoms with van der Waals surface area (Å²) in [5, 5.41) is 3.88. The quantitative estimate of drug-likeness (QED) is 0.752. The van der Waals surface area contributed by atoms with Crippen LogP contribution >= 0.6 is 0 Å². The van der Waals surface area contributed by atoms with Crippen molar-refractivity contribution in [2.45, 2.75) is 39.5 Å². The van der Waals surface area contributed by atoms with Gasteiger partial charge in [0.05, 0.1) is 6.61 Å². The van der Waals surface area contributed by atoms with Gasteiger partial charge in [-0.3, -0.25) is 4.79 Å². The third kappa shape index (κ3) is 3.60. The van der Waals surface area contributed by atoms with Crippen molar-refractivity contribution < 1.29 is 14.1 Å². The smallest absolute Gasteiger partial charge is 0.276 e. The zero-order valence-electron chi connectivity index (χ0n) is 12.6. The molecule has 0 spiro atoms. The van der Waals surface area contributed by atoms with Gasteiger partial charge >= 0.3 is 0 Å². The molecule has 1 aromatic heterocycles. The molecule has 112 valence electrons. The van der Waals surface area contributed by atoms with Gasteiger partial charge in [0.25, 0.3) is 5.91 Å². The molecule has 0 saturated carbocycles. The van der Waals surface area contributed by atoms with Crippen molar-refractivity contribution in [1.29, 1.82) is 0 Å². The van der Waals surface area contributed by atoms with Crippen LogP contribution in [-0.4, -0.2) is 42.3 Å². The molecule has 5 nitrogen and oxygen atoms in total. The van der Waals surface area contributed by atoms with Crippen molar-refractivity contribution in [3.63, 3.8) is 0 Å². The van der Waals surface area contributed by atoms with Gasteiger partial charge < -0.3 is 14.2 Å². The van der Waals surface area contributed by atoms with Crippen LogP contribution in [-0.2, 0) is 4.74 Å². The van der Waals surface area contributed by atoms with Gasteiger partial charge in [0, 0.05) is 37.6 Å². The summed E-state index contributed by atoms with van der Waals surface area (Å²) in [5.74, 6) is 1.42. The van der Waals surface area contributed by atoms with Crippen LogP contribution < -0.4 is 0 Å². The lowest BCUT2D eigenvalue weighted by molar-refractivity contribution is 0.0745.